The topological polar surface area (TPSA) is 48.9 Å². The maximum atomic E-state index is 13.3. The van der Waals surface area contributed by atoms with Crippen LogP contribution in [0.3, 0.4) is 0 Å². The van der Waals surface area contributed by atoms with E-state index in [1.54, 1.807) is 7.05 Å². The predicted molar refractivity (Wildman–Crippen MR) is 120 cm³/mol. The number of nitrogens with zero attached hydrogens (tertiary/aromatic N) is 2. The van der Waals surface area contributed by atoms with Gasteiger partial charge in [-0.15, -0.1) is 24.0 Å². The number of nitrogens with one attached hydrogen (secondary N) is 2. The fourth-order valence-corrected chi connectivity index (χ4v) is 3.26. The van der Waals surface area contributed by atoms with Crippen molar-refractivity contribution >= 4 is 29.9 Å². The van der Waals surface area contributed by atoms with Crippen LogP contribution in [-0.2, 0) is 4.74 Å². The summed E-state index contributed by atoms with van der Waals surface area (Å²) in [6.45, 7) is 9.30. The van der Waals surface area contributed by atoms with Crippen LogP contribution in [-0.4, -0.2) is 57.3 Å². The molecule has 1 aromatic carbocycles. The summed E-state index contributed by atoms with van der Waals surface area (Å²) in [5.74, 6) is 1.27. The van der Waals surface area contributed by atoms with Crippen molar-refractivity contribution in [1.29, 1.82) is 0 Å². The van der Waals surface area contributed by atoms with Gasteiger partial charge in [-0.2, -0.15) is 0 Å². The Balaban J connectivity index is 0.00000364. The fraction of sp³-hybridized carbons (Fsp3) is 0.650. The molecule has 1 fully saturated rings. The lowest BCUT2D eigenvalue weighted by Gasteiger charge is -2.35. The van der Waals surface area contributed by atoms with E-state index in [2.05, 4.69) is 34.4 Å². The Kier molecular flexibility index (Phi) is 11.9. The molecule has 0 bridgehead atoms. The molecule has 154 valence electrons. The van der Waals surface area contributed by atoms with Gasteiger partial charge in [-0.3, -0.25) is 9.89 Å². The lowest BCUT2D eigenvalue weighted by atomic mass is 10.0. The van der Waals surface area contributed by atoms with Crippen molar-refractivity contribution in [3.63, 3.8) is 0 Å². The highest BCUT2D eigenvalue weighted by Crippen LogP contribution is 2.21. The van der Waals surface area contributed by atoms with Crippen LogP contribution in [0, 0.1) is 11.7 Å². The van der Waals surface area contributed by atoms with Crippen molar-refractivity contribution in [2.45, 2.75) is 32.7 Å². The number of halogens is 2. The van der Waals surface area contributed by atoms with E-state index in [0.717, 1.165) is 57.2 Å². The molecule has 2 rings (SSSR count). The van der Waals surface area contributed by atoms with Crippen LogP contribution in [0.5, 0.6) is 0 Å². The first-order chi connectivity index (χ1) is 12.7. The molecule has 0 amide bonds. The monoisotopic (exact) mass is 492 g/mol. The van der Waals surface area contributed by atoms with Crippen LogP contribution in [0.2, 0.25) is 0 Å². The zero-order chi connectivity index (χ0) is 18.8. The molecule has 1 unspecified atom stereocenters. The molecule has 1 aliphatic heterocycles. The molecule has 0 aliphatic carbocycles. The second-order valence-electron chi connectivity index (χ2n) is 6.73. The van der Waals surface area contributed by atoms with Gasteiger partial charge in [0, 0.05) is 33.2 Å². The molecule has 2 N–H and O–H groups in total. The van der Waals surface area contributed by atoms with Crippen LogP contribution >= 0.6 is 24.0 Å². The normalized spacial score (nSPS) is 16.7. The minimum absolute atomic E-state index is 0. The number of rotatable bonds is 8. The molecule has 0 aromatic heterocycles. The van der Waals surface area contributed by atoms with Crippen LogP contribution in [0.25, 0.3) is 0 Å². The van der Waals surface area contributed by atoms with Gasteiger partial charge in [0.1, 0.15) is 5.82 Å². The van der Waals surface area contributed by atoms with E-state index in [1.165, 1.54) is 12.1 Å². The van der Waals surface area contributed by atoms with E-state index < -0.39 is 0 Å². The standard InChI is InChI=1S/C20H33FN4O.HI/c1-4-16(5-2)14-23-20(22-3)24-15-19(25-10-12-26-13-11-25)17-6-8-18(21)9-7-17;/h6-9,16,19H,4-5,10-15H2,1-3H3,(H2,22,23,24);1H. The highest BCUT2D eigenvalue weighted by Gasteiger charge is 2.23. The predicted octanol–water partition coefficient (Wildman–Crippen LogP) is 3.42. The molecule has 1 atom stereocenters. The van der Waals surface area contributed by atoms with Gasteiger partial charge < -0.3 is 15.4 Å². The van der Waals surface area contributed by atoms with Crippen LogP contribution < -0.4 is 10.6 Å². The van der Waals surface area contributed by atoms with Gasteiger partial charge >= 0.3 is 0 Å². The first-order valence-electron chi connectivity index (χ1n) is 9.69. The maximum Gasteiger partial charge on any atom is 0.191 e. The van der Waals surface area contributed by atoms with Gasteiger partial charge in [0.05, 0.1) is 19.3 Å². The summed E-state index contributed by atoms with van der Waals surface area (Å²) in [5.41, 5.74) is 1.11. The SMILES string of the molecule is CCC(CC)CNC(=NC)NCC(c1ccc(F)cc1)N1CCOCC1.I. The molecule has 27 heavy (non-hydrogen) atoms. The van der Waals surface area contributed by atoms with Crippen molar-refractivity contribution in [1.82, 2.24) is 15.5 Å². The van der Waals surface area contributed by atoms with Crippen LogP contribution in [0.1, 0.15) is 38.3 Å². The van der Waals surface area contributed by atoms with Gasteiger partial charge in [0.2, 0.25) is 0 Å². The molecular weight excluding hydrogens is 458 g/mol. The number of guanidine groups is 1. The Morgan fingerprint density at radius 3 is 2.26 bits per heavy atom. The average Bonchev–Trinajstić information content (AvgIpc) is 2.69. The van der Waals surface area contributed by atoms with Gasteiger partial charge in [0.25, 0.3) is 0 Å². The summed E-state index contributed by atoms with van der Waals surface area (Å²) >= 11 is 0. The van der Waals surface area contributed by atoms with Crippen molar-refractivity contribution in [2.75, 3.05) is 46.4 Å². The summed E-state index contributed by atoms with van der Waals surface area (Å²) < 4.78 is 18.8. The first kappa shape index (κ1) is 24.1. The van der Waals surface area contributed by atoms with Gasteiger partial charge in [0.15, 0.2) is 5.96 Å². The smallest absolute Gasteiger partial charge is 0.191 e. The molecular formula is C20H34FIN4O. The number of benzene rings is 1. The van der Waals surface area contributed by atoms with E-state index in [9.17, 15) is 4.39 Å². The molecule has 1 saturated heterocycles. The number of ether oxygens (including phenoxy) is 1. The van der Waals surface area contributed by atoms with E-state index in [-0.39, 0.29) is 35.8 Å². The van der Waals surface area contributed by atoms with Gasteiger partial charge in [-0.05, 0) is 23.6 Å². The van der Waals surface area contributed by atoms with E-state index >= 15 is 0 Å². The first-order valence-corrected chi connectivity index (χ1v) is 9.69. The minimum atomic E-state index is -0.204. The van der Waals surface area contributed by atoms with Crippen LogP contribution in [0.4, 0.5) is 4.39 Å². The summed E-state index contributed by atoms with van der Waals surface area (Å²) in [7, 11) is 1.80. The maximum absolute atomic E-state index is 13.3. The van der Waals surface area contributed by atoms with Gasteiger partial charge in [-0.25, -0.2) is 4.39 Å². The van der Waals surface area contributed by atoms with E-state index in [1.807, 2.05) is 12.1 Å². The Labute approximate surface area is 180 Å². The molecule has 0 radical (unpaired) electrons. The Bertz CT molecular complexity index is 545. The van der Waals surface area contributed by atoms with E-state index in [4.69, 9.17) is 4.74 Å². The summed E-state index contributed by atoms with van der Waals surface area (Å²) in [6.07, 6.45) is 2.32. The third kappa shape index (κ3) is 7.91. The van der Waals surface area contributed by atoms with Crippen LogP contribution in [0.15, 0.2) is 29.3 Å². The number of hydrogen-bond acceptors (Lipinski definition) is 3. The van der Waals surface area contributed by atoms with Crippen molar-refractivity contribution in [3.8, 4) is 0 Å². The molecule has 1 aromatic rings. The van der Waals surface area contributed by atoms with Crippen molar-refractivity contribution in [2.24, 2.45) is 10.9 Å². The second-order valence-corrected chi connectivity index (χ2v) is 6.73. The number of morpholine rings is 1. The Morgan fingerprint density at radius 2 is 1.70 bits per heavy atom. The summed E-state index contributed by atoms with van der Waals surface area (Å²) in [6, 6.07) is 6.97. The Hall–Kier alpha value is -0.930. The van der Waals surface area contributed by atoms with Crippen molar-refractivity contribution < 1.29 is 9.13 Å². The number of aliphatic imine (C=N–C) groups is 1. The second kappa shape index (κ2) is 13.3. The minimum Gasteiger partial charge on any atom is -0.379 e. The fourth-order valence-electron chi connectivity index (χ4n) is 3.26. The van der Waals surface area contributed by atoms with E-state index in [0.29, 0.717) is 12.5 Å². The largest absolute Gasteiger partial charge is 0.379 e. The number of hydrogen-bond donors (Lipinski definition) is 2. The average molecular weight is 492 g/mol. The highest BCUT2D eigenvalue weighted by molar-refractivity contribution is 14.0. The molecule has 5 nitrogen and oxygen atoms in total. The zero-order valence-corrected chi connectivity index (χ0v) is 19.0. The highest BCUT2D eigenvalue weighted by atomic mass is 127. The summed E-state index contributed by atoms with van der Waals surface area (Å²) in [5, 5.41) is 6.87. The van der Waals surface area contributed by atoms with Gasteiger partial charge in [-0.1, -0.05) is 38.8 Å². The lowest BCUT2D eigenvalue weighted by molar-refractivity contribution is 0.0170. The third-order valence-corrected chi connectivity index (χ3v) is 5.14. The molecule has 7 heteroatoms. The lowest BCUT2D eigenvalue weighted by Crippen LogP contribution is -2.47. The van der Waals surface area contributed by atoms with Crippen molar-refractivity contribution in [3.05, 3.63) is 35.6 Å². The molecule has 0 spiro atoms. The summed E-state index contributed by atoms with van der Waals surface area (Å²) in [4.78, 5) is 6.73. The zero-order valence-electron chi connectivity index (χ0n) is 16.7. The Morgan fingerprint density at radius 1 is 1.11 bits per heavy atom. The molecule has 1 heterocycles. The quantitative estimate of drug-likeness (QED) is 0.332. The third-order valence-electron chi connectivity index (χ3n) is 5.14. The molecule has 0 saturated carbocycles. The molecule has 1 aliphatic rings.